The van der Waals surface area contributed by atoms with Gasteiger partial charge < -0.3 is 4.90 Å². The number of alkyl halides is 1. The number of rotatable bonds is 7. The lowest BCUT2D eigenvalue weighted by Crippen LogP contribution is -2.41. The minimum absolute atomic E-state index is 0.249. The Morgan fingerprint density at radius 3 is 2.47 bits per heavy atom. The number of unbranched alkanes of at least 4 members (excludes halogenated alkanes) is 1. The van der Waals surface area contributed by atoms with Crippen LogP contribution in [0.3, 0.4) is 0 Å². The topological polar surface area (TPSA) is 20.3 Å². The van der Waals surface area contributed by atoms with Crippen LogP contribution in [0.25, 0.3) is 0 Å². The van der Waals surface area contributed by atoms with Gasteiger partial charge in [-0.25, -0.2) is 0 Å². The molecule has 0 N–H and O–H groups in total. The van der Waals surface area contributed by atoms with Crippen LogP contribution < -0.4 is 0 Å². The van der Waals surface area contributed by atoms with Gasteiger partial charge in [-0.3, -0.25) is 4.79 Å². The number of carbonyl (C=O) groups excluding carboxylic acids is 1. The highest BCUT2D eigenvalue weighted by Crippen LogP contribution is 2.49. The van der Waals surface area contributed by atoms with Crippen molar-refractivity contribution in [1.82, 2.24) is 4.90 Å². The Balaban J connectivity index is 2.12. The molecule has 1 aliphatic rings. The lowest BCUT2D eigenvalue weighted by atomic mass is 9.94. The molecule has 2 nitrogen and oxygen atoms in total. The van der Waals surface area contributed by atoms with Gasteiger partial charge in [-0.1, -0.05) is 43.7 Å². The monoisotopic (exact) mass is 279 g/mol. The van der Waals surface area contributed by atoms with Crippen molar-refractivity contribution < 1.29 is 4.79 Å². The first-order valence-electron chi connectivity index (χ1n) is 7.15. The summed E-state index contributed by atoms with van der Waals surface area (Å²) in [4.78, 5) is 14.7. The summed E-state index contributed by atoms with van der Waals surface area (Å²) >= 11 is 5.84. The molecule has 0 saturated heterocycles. The zero-order chi connectivity index (χ0) is 13.7. The summed E-state index contributed by atoms with van der Waals surface area (Å²) in [6.45, 7) is 3.64. The standard InChI is InChI=1S/C16H22ClNO/c1-2-3-12-18(13-11-17)15(19)16(9-10-16)14-7-5-4-6-8-14/h4-8H,2-3,9-13H2,1H3. The first-order valence-corrected chi connectivity index (χ1v) is 7.69. The lowest BCUT2D eigenvalue weighted by molar-refractivity contribution is -0.133. The molecule has 0 bridgehead atoms. The number of carbonyl (C=O) groups is 1. The number of halogens is 1. The molecule has 19 heavy (non-hydrogen) atoms. The second-order valence-corrected chi connectivity index (χ2v) is 5.66. The van der Waals surface area contributed by atoms with Crippen molar-refractivity contribution in [2.75, 3.05) is 19.0 Å². The molecule has 0 aliphatic heterocycles. The van der Waals surface area contributed by atoms with Crippen molar-refractivity contribution in [2.24, 2.45) is 0 Å². The van der Waals surface area contributed by atoms with E-state index in [0.717, 1.165) is 37.8 Å². The van der Waals surface area contributed by atoms with Crippen LogP contribution in [0.1, 0.15) is 38.2 Å². The van der Waals surface area contributed by atoms with E-state index in [9.17, 15) is 4.79 Å². The molecule has 1 aliphatic carbocycles. The first-order chi connectivity index (χ1) is 9.24. The molecule has 1 amide bonds. The molecule has 1 saturated carbocycles. The number of hydrogen-bond donors (Lipinski definition) is 0. The SMILES string of the molecule is CCCCN(CCCl)C(=O)C1(c2ccccc2)CC1. The fourth-order valence-electron chi connectivity index (χ4n) is 2.58. The van der Waals surface area contributed by atoms with Gasteiger partial charge in [0.15, 0.2) is 0 Å². The van der Waals surface area contributed by atoms with E-state index in [4.69, 9.17) is 11.6 Å². The van der Waals surface area contributed by atoms with Crippen LogP contribution in [-0.4, -0.2) is 29.8 Å². The van der Waals surface area contributed by atoms with Gasteiger partial charge in [-0.05, 0) is 24.8 Å². The normalized spacial score (nSPS) is 16.1. The summed E-state index contributed by atoms with van der Waals surface area (Å²) in [5.41, 5.74) is 0.914. The van der Waals surface area contributed by atoms with Crippen LogP contribution >= 0.6 is 11.6 Å². The van der Waals surface area contributed by atoms with E-state index in [0.29, 0.717) is 12.4 Å². The third-order valence-corrected chi connectivity index (χ3v) is 4.08. The molecular formula is C16H22ClNO. The van der Waals surface area contributed by atoms with E-state index in [-0.39, 0.29) is 11.3 Å². The molecule has 2 rings (SSSR count). The first kappa shape index (κ1) is 14.4. The average Bonchev–Trinajstić information content (AvgIpc) is 3.25. The van der Waals surface area contributed by atoms with Crippen molar-refractivity contribution in [2.45, 2.75) is 38.0 Å². The van der Waals surface area contributed by atoms with Crippen LogP contribution in [0, 0.1) is 0 Å². The Morgan fingerprint density at radius 1 is 1.26 bits per heavy atom. The van der Waals surface area contributed by atoms with Crippen molar-refractivity contribution in [3.63, 3.8) is 0 Å². The predicted molar refractivity (Wildman–Crippen MR) is 79.6 cm³/mol. The zero-order valence-corrected chi connectivity index (χ0v) is 12.3. The van der Waals surface area contributed by atoms with Gasteiger partial charge >= 0.3 is 0 Å². The molecule has 0 aromatic heterocycles. The Kier molecular flexibility index (Phi) is 4.87. The third-order valence-electron chi connectivity index (χ3n) is 3.91. The maximum Gasteiger partial charge on any atom is 0.233 e. The molecule has 0 radical (unpaired) electrons. The molecule has 0 unspecified atom stereocenters. The predicted octanol–water partition coefficient (Wildman–Crippen LogP) is 3.59. The highest BCUT2D eigenvalue weighted by atomic mass is 35.5. The minimum Gasteiger partial charge on any atom is -0.341 e. The second-order valence-electron chi connectivity index (χ2n) is 5.28. The molecule has 0 atom stereocenters. The van der Waals surface area contributed by atoms with Gasteiger partial charge in [0, 0.05) is 19.0 Å². The Hall–Kier alpha value is -1.02. The molecule has 0 heterocycles. The van der Waals surface area contributed by atoms with Gasteiger partial charge in [0.25, 0.3) is 0 Å². The largest absolute Gasteiger partial charge is 0.341 e. The number of benzene rings is 1. The van der Waals surface area contributed by atoms with E-state index < -0.39 is 0 Å². The van der Waals surface area contributed by atoms with Crippen LogP contribution in [0.2, 0.25) is 0 Å². The molecule has 1 fully saturated rings. The summed E-state index contributed by atoms with van der Waals surface area (Å²) in [7, 11) is 0. The Morgan fingerprint density at radius 2 is 1.95 bits per heavy atom. The van der Waals surface area contributed by atoms with E-state index in [1.165, 1.54) is 0 Å². The van der Waals surface area contributed by atoms with E-state index in [1.54, 1.807) is 0 Å². The highest BCUT2D eigenvalue weighted by molar-refractivity contribution is 6.18. The quantitative estimate of drug-likeness (QED) is 0.699. The maximum absolute atomic E-state index is 12.8. The van der Waals surface area contributed by atoms with Crippen molar-refractivity contribution >= 4 is 17.5 Å². The van der Waals surface area contributed by atoms with Gasteiger partial charge in [0.2, 0.25) is 5.91 Å². The Labute approximate surface area is 120 Å². The van der Waals surface area contributed by atoms with E-state index in [2.05, 4.69) is 19.1 Å². The summed E-state index contributed by atoms with van der Waals surface area (Å²) in [6, 6.07) is 10.2. The van der Waals surface area contributed by atoms with Gasteiger partial charge in [-0.15, -0.1) is 11.6 Å². The Bertz CT molecular complexity index is 414. The maximum atomic E-state index is 12.8. The third kappa shape index (κ3) is 3.11. The van der Waals surface area contributed by atoms with Gasteiger partial charge in [-0.2, -0.15) is 0 Å². The van der Waals surface area contributed by atoms with E-state index in [1.807, 2.05) is 23.1 Å². The molecular weight excluding hydrogens is 258 g/mol. The lowest BCUT2D eigenvalue weighted by Gasteiger charge is -2.27. The van der Waals surface area contributed by atoms with Crippen LogP contribution in [0.15, 0.2) is 30.3 Å². The second kappa shape index (κ2) is 6.42. The smallest absolute Gasteiger partial charge is 0.233 e. The zero-order valence-electron chi connectivity index (χ0n) is 11.6. The van der Waals surface area contributed by atoms with Crippen molar-refractivity contribution in [1.29, 1.82) is 0 Å². The van der Waals surface area contributed by atoms with Crippen molar-refractivity contribution in [3.05, 3.63) is 35.9 Å². The number of nitrogens with zero attached hydrogens (tertiary/aromatic N) is 1. The summed E-state index contributed by atoms with van der Waals surface area (Å²) in [5.74, 6) is 0.785. The van der Waals surface area contributed by atoms with E-state index >= 15 is 0 Å². The molecule has 1 aromatic carbocycles. The minimum atomic E-state index is -0.249. The van der Waals surface area contributed by atoms with Crippen LogP contribution in [0.4, 0.5) is 0 Å². The fraction of sp³-hybridized carbons (Fsp3) is 0.562. The fourth-order valence-corrected chi connectivity index (χ4v) is 2.78. The summed E-state index contributed by atoms with van der Waals surface area (Å²) in [6.07, 6.45) is 4.10. The summed E-state index contributed by atoms with van der Waals surface area (Å²) < 4.78 is 0. The van der Waals surface area contributed by atoms with Crippen LogP contribution in [-0.2, 0) is 10.2 Å². The van der Waals surface area contributed by atoms with Crippen molar-refractivity contribution in [3.8, 4) is 0 Å². The average molecular weight is 280 g/mol. The van der Waals surface area contributed by atoms with Gasteiger partial charge in [0.1, 0.15) is 0 Å². The van der Waals surface area contributed by atoms with Crippen LogP contribution in [0.5, 0.6) is 0 Å². The molecule has 0 spiro atoms. The highest BCUT2D eigenvalue weighted by Gasteiger charge is 2.52. The molecule has 104 valence electrons. The summed E-state index contributed by atoms with van der Waals surface area (Å²) in [5, 5.41) is 0. The molecule has 3 heteroatoms. The molecule has 1 aromatic rings. The number of amides is 1. The number of hydrogen-bond acceptors (Lipinski definition) is 1. The van der Waals surface area contributed by atoms with Gasteiger partial charge in [0.05, 0.1) is 5.41 Å².